The van der Waals surface area contributed by atoms with Gasteiger partial charge in [0.25, 0.3) is 11.4 Å². The monoisotopic (exact) mass is 420 g/mol. The highest BCUT2D eigenvalue weighted by Gasteiger charge is 2.06. The zero-order valence-electron chi connectivity index (χ0n) is 14.4. The van der Waals surface area contributed by atoms with Crippen molar-refractivity contribution in [3.8, 4) is 0 Å². The van der Waals surface area contributed by atoms with E-state index < -0.39 is 9.85 Å². The highest BCUT2D eigenvalue weighted by molar-refractivity contribution is 7.80. The second-order valence-electron chi connectivity index (χ2n) is 5.37. The van der Waals surface area contributed by atoms with Gasteiger partial charge in [-0.1, -0.05) is 0 Å². The molecule has 10 nitrogen and oxygen atoms in total. The van der Waals surface area contributed by atoms with Crippen molar-refractivity contribution in [2.75, 3.05) is 23.7 Å². The predicted octanol–water partition coefficient (Wildman–Crippen LogP) is 2.78. The van der Waals surface area contributed by atoms with Crippen LogP contribution < -0.4 is 21.3 Å². The standard InChI is InChI=1S/C16H16N6O4S2/c23-21(24)13-5-1-11(2-6-13)19-15(27)17-9-10-18-16(28)20-12-3-7-14(8-4-12)22(25)26/h1-8H,9-10H2,(H2,17,19,27)(H2,18,20,28). The Balaban J connectivity index is 1.67. The Kier molecular flexibility index (Phi) is 7.54. The Labute approximate surface area is 170 Å². The Morgan fingerprint density at radius 2 is 1.04 bits per heavy atom. The van der Waals surface area contributed by atoms with E-state index in [0.29, 0.717) is 34.7 Å². The molecule has 0 aliphatic carbocycles. The first-order valence-corrected chi connectivity index (χ1v) is 8.75. The first kappa shape index (κ1) is 20.9. The lowest BCUT2D eigenvalue weighted by Crippen LogP contribution is -2.38. The highest BCUT2D eigenvalue weighted by atomic mass is 32.1. The molecule has 0 radical (unpaired) electrons. The predicted molar refractivity (Wildman–Crippen MR) is 115 cm³/mol. The summed E-state index contributed by atoms with van der Waals surface area (Å²) >= 11 is 10.3. The van der Waals surface area contributed by atoms with Crippen molar-refractivity contribution in [1.82, 2.24) is 10.6 Å². The van der Waals surface area contributed by atoms with Gasteiger partial charge in [-0.2, -0.15) is 0 Å². The van der Waals surface area contributed by atoms with Crippen molar-refractivity contribution < 1.29 is 9.85 Å². The summed E-state index contributed by atoms with van der Waals surface area (Å²) in [6.07, 6.45) is 0. The van der Waals surface area contributed by atoms with Gasteiger partial charge >= 0.3 is 0 Å². The molecule has 2 aromatic rings. The lowest BCUT2D eigenvalue weighted by molar-refractivity contribution is -0.385. The van der Waals surface area contributed by atoms with Crippen molar-refractivity contribution in [2.24, 2.45) is 0 Å². The van der Waals surface area contributed by atoms with Gasteiger partial charge in [-0.25, -0.2) is 0 Å². The molecule has 0 aliphatic heterocycles. The lowest BCUT2D eigenvalue weighted by Gasteiger charge is -2.13. The molecule has 0 saturated heterocycles. The molecule has 0 heterocycles. The number of rotatable bonds is 7. The lowest BCUT2D eigenvalue weighted by atomic mass is 10.3. The number of hydrogen-bond acceptors (Lipinski definition) is 6. The van der Waals surface area contributed by atoms with Gasteiger partial charge in [-0.3, -0.25) is 20.2 Å². The van der Waals surface area contributed by atoms with Crippen LogP contribution in [0, 0.1) is 20.2 Å². The van der Waals surface area contributed by atoms with Crippen LogP contribution in [0.15, 0.2) is 48.5 Å². The third-order valence-electron chi connectivity index (χ3n) is 3.37. The first-order valence-electron chi connectivity index (χ1n) is 7.94. The SMILES string of the molecule is O=[N+]([O-])c1ccc(NC(=S)NCCNC(=S)Nc2ccc([N+](=O)[O-])cc2)cc1. The van der Waals surface area contributed by atoms with E-state index in [9.17, 15) is 20.2 Å². The molecule has 12 heteroatoms. The molecule has 0 atom stereocenters. The first-order chi connectivity index (χ1) is 13.3. The van der Waals surface area contributed by atoms with Gasteiger partial charge in [-0.05, 0) is 48.7 Å². The second-order valence-corrected chi connectivity index (χ2v) is 6.19. The summed E-state index contributed by atoms with van der Waals surface area (Å²) in [4.78, 5) is 20.3. The molecular formula is C16H16N6O4S2. The van der Waals surface area contributed by atoms with Gasteiger partial charge in [0.1, 0.15) is 0 Å². The molecule has 28 heavy (non-hydrogen) atoms. The number of non-ortho nitro benzene ring substituents is 2. The molecule has 2 rings (SSSR count). The fraction of sp³-hybridized carbons (Fsp3) is 0.125. The number of nitro groups is 2. The van der Waals surface area contributed by atoms with Crippen LogP contribution in [0.1, 0.15) is 0 Å². The van der Waals surface area contributed by atoms with E-state index in [0.717, 1.165) is 0 Å². The topological polar surface area (TPSA) is 134 Å². The fourth-order valence-electron chi connectivity index (χ4n) is 2.04. The molecule has 0 aromatic heterocycles. The summed E-state index contributed by atoms with van der Waals surface area (Å²) in [6.45, 7) is 0.946. The number of hydrogen-bond donors (Lipinski definition) is 4. The van der Waals surface area contributed by atoms with Crippen molar-refractivity contribution >= 4 is 57.4 Å². The normalized spacial score (nSPS) is 9.86. The van der Waals surface area contributed by atoms with Crippen molar-refractivity contribution in [1.29, 1.82) is 0 Å². The van der Waals surface area contributed by atoms with E-state index in [1.165, 1.54) is 24.3 Å². The average Bonchev–Trinajstić information content (AvgIpc) is 2.66. The summed E-state index contributed by atoms with van der Waals surface area (Å²) in [5.41, 5.74) is 1.27. The smallest absolute Gasteiger partial charge is 0.269 e. The van der Waals surface area contributed by atoms with Gasteiger partial charge in [0.05, 0.1) is 9.85 Å². The minimum absolute atomic E-state index is 0.00246. The number of nitro benzene ring substituents is 2. The zero-order valence-corrected chi connectivity index (χ0v) is 16.0. The third kappa shape index (κ3) is 6.74. The molecule has 0 fully saturated rings. The minimum atomic E-state index is -0.473. The van der Waals surface area contributed by atoms with Gasteiger partial charge in [0.15, 0.2) is 10.2 Å². The Morgan fingerprint density at radius 3 is 1.32 bits per heavy atom. The fourth-order valence-corrected chi connectivity index (χ4v) is 2.48. The summed E-state index contributed by atoms with van der Waals surface area (Å²) in [6, 6.07) is 11.8. The van der Waals surface area contributed by atoms with Crippen LogP contribution in [0.25, 0.3) is 0 Å². The van der Waals surface area contributed by atoms with Crippen LogP contribution in [0.5, 0.6) is 0 Å². The Morgan fingerprint density at radius 1 is 0.714 bits per heavy atom. The maximum absolute atomic E-state index is 10.6. The van der Waals surface area contributed by atoms with Crippen molar-refractivity contribution in [3.63, 3.8) is 0 Å². The highest BCUT2D eigenvalue weighted by Crippen LogP contribution is 2.16. The van der Waals surface area contributed by atoms with Crippen LogP contribution in [0.4, 0.5) is 22.7 Å². The van der Waals surface area contributed by atoms with E-state index in [1.807, 2.05) is 0 Å². The molecule has 0 unspecified atom stereocenters. The average molecular weight is 420 g/mol. The van der Waals surface area contributed by atoms with Crippen LogP contribution in [-0.2, 0) is 0 Å². The van der Waals surface area contributed by atoms with E-state index in [4.69, 9.17) is 24.4 Å². The van der Waals surface area contributed by atoms with Crippen LogP contribution >= 0.6 is 24.4 Å². The molecule has 0 bridgehead atoms. The molecule has 146 valence electrons. The molecule has 0 amide bonds. The summed E-state index contributed by atoms with van der Waals surface area (Å²) in [7, 11) is 0. The van der Waals surface area contributed by atoms with Gasteiger partial charge in [0, 0.05) is 48.7 Å². The van der Waals surface area contributed by atoms with Gasteiger partial charge in [0.2, 0.25) is 0 Å². The maximum atomic E-state index is 10.6. The molecular weight excluding hydrogens is 404 g/mol. The molecule has 0 saturated carbocycles. The largest absolute Gasteiger partial charge is 0.361 e. The number of nitrogens with zero attached hydrogens (tertiary/aromatic N) is 2. The summed E-state index contributed by atoms with van der Waals surface area (Å²) in [5, 5.41) is 33.7. The van der Waals surface area contributed by atoms with Crippen LogP contribution in [-0.4, -0.2) is 33.2 Å². The van der Waals surface area contributed by atoms with Crippen LogP contribution in [0.3, 0.4) is 0 Å². The maximum Gasteiger partial charge on any atom is 0.269 e. The van der Waals surface area contributed by atoms with E-state index in [-0.39, 0.29) is 11.4 Å². The number of thiocarbonyl (C=S) groups is 2. The van der Waals surface area contributed by atoms with E-state index in [1.54, 1.807) is 24.3 Å². The van der Waals surface area contributed by atoms with Crippen molar-refractivity contribution in [2.45, 2.75) is 0 Å². The summed E-state index contributed by atoms with van der Waals surface area (Å²) < 4.78 is 0. The zero-order chi connectivity index (χ0) is 20.5. The molecule has 2 aromatic carbocycles. The third-order valence-corrected chi connectivity index (χ3v) is 3.86. The second kappa shape index (κ2) is 10.1. The quantitative estimate of drug-likeness (QED) is 0.229. The van der Waals surface area contributed by atoms with E-state index >= 15 is 0 Å². The Hall–Kier alpha value is -3.38. The minimum Gasteiger partial charge on any atom is -0.361 e. The van der Waals surface area contributed by atoms with Gasteiger partial charge < -0.3 is 21.3 Å². The Bertz CT molecular complexity index is 800. The van der Waals surface area contributed by atoms with Crippen molar-refractivity contribution in [3.05, 3.63) is 68.8 Å². The molecule has 0 aliphatic rings. The number of benzene rings is 2. The number of anilines is 2. The summed E-state index contributed by atoms with van der Waals surface area (Å²) in [5.74, 6) is 0. The molecule has 0 spiro atoms. The van der Waals surface area contributed by atoms with Gasteiger partial charge in [-0.15, -0.1) is 0 Å². The molecule has 4 N–H and O–H groups in total. The van der Waals surface area contributed by atoms with Crippen LogP contribution in [0.2, 0.25) is 0 Å². The van der Waals surface area contributed by atoms with E-state index in [2.05, 4.69) is 21.3 Å². The number of nitrogens with one attached hydrogen (secondary N) is 4.